The van der Waals surface area contributed by atoms with Gasteiger partial charge in [0.05, 0.1) is 22.6 Å². The summed E-state index contributed by atoms with van der Waals surface area (Å²) >= 11 is 1.20. The first-order chi connectivity index (χ1) is 13.5. The average molecular weight is 440 g/mol. The Morgan fingerprint density at radius 1 is 1.14 bits per heavy atom. The molecule has 11 heteroatoms. The molecule has 3 N–H and O–H groups in total. The maximum Gasteiger partial charge on any atom is 0.341 e. The Balaban J connectivity index is 2.07. The number of primary sulfonamides is 1. The van der Waals surface area contributed by atoms with Crippen LogP contribution >= 0.6 is 11.3 Å². The first-order valence-corrected chi connectivity index (χ1v) is 10.8. The third kappa shape index (κ3) is 5.62. The molecule has 1 aromatic carbocycles. The van der Waals surface area contributed by atoms with Crippen LogP contribution in [0.15, 0.2) is 29.2 Å². The molecule has 0 aliphatic rings. The van der Waals surface area contributed by atoms with Gasteiger partial charge in [-0.2, -0.15) is 0 Å². The number of sulfonamides is 1. The summed E-state index contributed by atoms with van der Waals surface area (Å²) in [6.07, 6.45) is 0. The molecular formula is C18H20N2O7S2. The largest absolute Gasteiger partial charge is 0.462 e. The second-order valence-corrected chi connectivity index (χ2v) is 8.69. The molecule has 156 valence electrons. The standard InChI is InChI=1S/C18H20N2O7S2/c1-4-26-18(23)15-10(2)11(3)28-16(15)20-14(21)9-27-17(22)12-6-5-7-13(8-12)29(19,24)25/h5-8H,4,9H2,1-3H3,(H,20,21)(H2,19,24,25). The van der Waals surface area contributed by atoms with Crippen LogP contribution in [-0.4, -0.2) is 39.5 Å². The summed E-state index contributed by atoms with van der Waals surface area (Å²) < 4.78 is 32.7. The zero-order valence-corrected chi connectivity index (χ0v) is 17.6. The summed E-state index contributed by atoms with van der Waals surface area (Å²) in [5.74, 6) is -2.11. The molecule has 29 heavy (non-hydrogen) atoms. The van der Waals surface area contributed by atoms with Gasteiger partial charge in [0.2, 0.25) is 10.0 Å². The number of rotatable bonds is 7. The number of ether oxygens (including phenoxy) is 2. The number of thiophene rings is 1. The highest BCUT2D eigenvalue weighted by Gasteiger charge is 2.22. The van der Waals surface area contributed by atoms with E-state index in [0.29, 0.717) is 10.6 Å². The van der Waals surface area contributed by atoms with Crippen LogP contribution in [0.1, 0.15) is 38.1 Å². The number of nitrogens with two attached hydrogens (primary N) is 1. The molecule has 0 spiro atoms. The minimum atomic E-state index is -3.98. The van der Waals surface area contributed by atoms with Crippen molar-refractivity contribution in [1.29, 1.82) is 0 Å². The zero-order valence-electron chi connectivity index (χ0n) is 16.0. The van der Waals surface area contributed by atoms with E-state index in [2.05, 4.69) is 5.32 Å². The molecule has 0 saturated carbocycles. The monoisotopic (exact) mass is 440 g/mol. The minimum absolute atomic E-state index is 0.0700. The molecule has 0 fully saturated rings. The normalized spacial score (nSPS) is 11.0. The van der Waals surface area contributed by atoms with Crippen molar-refractivity contribution in [3.05, 3.63) is 45.8 Å². The Hall–Kier alpha value is -2.76. The van der Waals surface area contributed by atoms with Crippen molar-refractivity contribution >= 4 is 44.2 Å². The quantitative estimate of drug-likeness (QED) is 0.627. The van der Waals surface area contributed by atoms with Gasteiger partial charge in [0.25, 0.3) is 5.91 Å². The molecule has 1 aromatic heterocycles. The van der Waals surface area contributed by atoms with Gasteiger partial charge in [-0.1, -0.05) is 6.07 Å². The Labute approximate surface area is 171 Å². The summed E-state index contributed by atoms with van der Waals surface area (Å²) in [5.41, 5.74) is 0.884. The van der Waals surface area contributed by atoms with E-state index in [0.717, 1.165) is 10.9 Å². The fourth-order valence-corrected chi connectivity index (χ4v) is 3.97. The van der Waals surface area contributed by atoms with Crippen LogP contribution in [0.4, 0.5) is 5.00 Å². The number of amides is 1. The van der Waals surface area contributed by atoms with Gasteiger partial charge in [0.15, 0.2) is 6.61 Å². The number of aryl methyl sites for hydroxylation is 1. The van der Waals surface area contributed by atoms with Gasteiger partial charge < -0.3 is 14.8 Å². The summed E-state index contributed by atoms with van der Waals surface area (Å²) in [7, 11) is -3.98. The number of anilines is 1. The highest BCUT2D eigenvalue weighted by Crippen LogP contribution is 2.33. The van der Waals surface area contributed by atoms with Gasteiger partial charge in [-0.3, -0.25) is 4.79 Å². The lowest BCUT2D eigenvalue weighted by atomic mass is 10.1. The lowest BCUT2D eigenvalue weighted by molar-refractivity contribution is -0.119. The molecule has 0 aliphatic carbocycles. The fraction of sp³-hybridized carbons (Fsp3) is 0.278. The molecule has 0 radical (unpaired) electrons. The van der Waals surface area contributed by atoms with Crippen LogP contribution in [0.5, 0.6) is 0 Å². The van der Waals surface area contributed by atoms with Crippen molar-refractivity contribution in [2.24, 2.45) is 5.14 Å². The highest BCUT2D eigenvalue weighted by atomic mass is 32.2. The Kier molecular flexibility index (Phi) is 7.11. The second kappa shape index (κ2) is 9.16. The smallest absolute Gasteiger partial charge is 0.341 e. The number of nitrogens with one attached hydrogen (secondary N) is 1. The van der Waals surface area contributed by atoms with Crippen LogP contribution in [0.25, 0.3) is 0 Å². The lowest BCUT2D eigenvalue weighted by Crippen LogP contribution is -2.22. The number of carbonyl (C=O) groups excluding carboxylic acids is 3. The predicted molar refractivity (Wildman–Crippen MR) is 106 cm³/mol. The predicted octanol–water partition coefficient (Wildman–Crippen LogP) is 1.98. The highest BCUT2D eigenvalue weighted by molar-refractivity contribution is 7.89. The van der Waals surface area contributed by atoms with E-state index >= 15 is 0 Å². The Morgan fingerprint density at radius 3 is 2.45 bits per heavy atom. The molecule has 2 rings (SSSR count). The maximum absolute atomic E-state index is 12.2. The van der Waals surface area contributed by atoms with Crippen molar-refractivity contribution in [1.82, 2.24) is 0 Å². The molecule has 2 aromatic rings. The van der Waals surface area contributed by atoms with Crippen molar-refractivity contribution in [2.45, 2.75) is 25.7 Å². The average Bonchev–Trinajstić information content (AvgIpc) is 2.92. The molecule has 0 unspecified atom stereocenters. The maximum atomic E-state index is 12.2. The molecular weight excluding hydrogens is 420 g/mol. The number of hydrogen-bond acceptors (Lipinski definition) is 8. The Bertz CT molecular complexity index is 1060. The SMILES string of the molecule is CCOC(=O)c1c(NC(=O)COC(=O)c2cccc(S(N)(=O)=O)c2)sc(C)c1C. The molecule has 0 atom stereocenters. The van der Waals surface area contributed by atoms with Crippen molar-refractivity contribution < 1.29 is 32.3 Å². The minimum Gasteiger partial charge on any atom is -0.462 e. The van der Waals surface area contributed by atoms with Crippen LogP contribution in [0, 0.1) is 13.8 Å². The van der Waals surface area contributed by atoms with E-state index in [-0.39, 0.29) is 22.6 Å². The number of hydrogen-bond donors (Lipinski definition) is 2. The zero-order chi connectivity index (χ0) is 21.8. The van der Waals surface area contributed by atoms with Crippen molar-refractivity contribution in [2.75, 3.05) is 18.5 Å². The van der Waals surface area contributed by atoms with E-state index in [4.69, 9.17) is 14.6 Å². The van der Waals surface area contributed by atoms with E-state index in [1.807, 2.05) is 0 Å². The molecule has 0 saturated heterocycles. The summed E-state index contributed by atoms with van der Waals surface area (Å²) in [6.45, 7) is 4.78. The van der Waals surface area contributed by atoms with Gasteiger partial charge in [-0.15, -0.1) is 11.3 Å². The molecule has 1 heterocycles. The fourth-order valence-electron chi connectivity index (χ4n) is 2.34. The summed E-state index contributed by atoms with van der Waals surface area (Å²) in [6, 6.07) is 4.95. The van der Waals surface area contributed by atoms with Gasteiger partial charge >= 0.3 is 11.9 Å². The summed E-state index contributed by atoms with van der Waals surface area (Å²) in [4.78, 5) is 37.0. The van der Waals surface area contributed by atoms with Gasteiger partial charge in [-0.25, -0.2) is 23.1 Å². The van der Waals surface area contributed by atoms with Gasteiger partial charge in [0, 0.05) is 4.88 Å². The molecule has 1 amide bonds. The van der Waals surface area contributed by atoms with E-state index in [1.165, 1.54) is 29.5 Å². The van der Waals surface area contributed by atoms with Crippen LogP contribution in [0.3, 0.4) is 0 Å². The van der Waals surface area contributed by atoms with Crippen molar-refractivity contribution in [3.63, 3.8) is 0 Å². The van der Waals surface area contributed by atoms with Crippen LogP contribution in [0.2, 0.25) is 0 Å². The first kappa shape index (κ1) is 22.5. The lowest BCUT2D eigenvalue weighted by Gasteiger charge is -2.08. The van der Waals surface area contributed by atoms with Crippen molar-refractivity contribution in [3.8, 4) is 0 Å². The second-order valence-electron chi connectivity index (χ2n) is 5.90. The first-order valence-electron chi connectivity index (χ1n) is 8.41. The van der Waals surface area contributed by atoms with Crippen LogP contribution < -0.4 is 10.5 Å². The van der Waals surface area contributed by atoms with Gasteiger partial charge in [-0.05, 0) is 44.5 Å². The number of esters is 2. The van der Waals surface area contributed by atoms with E-state index in [9.17, 15) is 22.8 Å². The Morgan fingerprint density at radius 2 is 1.83 bits per heavy atom. The number of benzene rings is 1. The topological polar surface area (TPSA) is 142 Å². The van der Waals surface area contributed by atoms with E-state index < -0.39 is 34.5 Å². The molecule has 0 aliphatic heterocycles. The van der Waals surface area contributed by atoms with Crippen LogP contribution in [-0.2, 0) is 24.3 Å². The van der Waals surface area contributed by atoms with Gasteiger partial charge in [0.1, 0.15) is 5.00 Å². The molecule has 0 bridgehead atoms. The molecule has 9 nitrogen and oxygen atoms in total. The third-order valence-corrected chi connectivity index (χ3v) is 5.88. The summed E-state index contributed by atoms with van der Waals surface area (Å²) in [5, 5.41) is 7.87. The third-order valence-electron chi connectivity index (χ3n) is 3.85. The van der Waals surface area contributed by atoms with E-state index in [1.54, 1.807) is 20.8 Å². The number of carbonyl (C=O) groups is 3.